The van der Waals surface area contributed by atoms with Crippen LogP contribution in [0, 0.1) is 0 Å². The molecule has 2 nitrogen and oxygen atoms in total. The predicted molar refractivity (Wildman–Crippen MR) is 74.9 cm³/mol. The second-order valence-corrected chi connectivity index (χ2v) is 5.81. The van der Waals surface area contributed by atoms with Gasteiger partial charge in [0, 0.05) is 35.6 Å². The summed E-state index contributed by atoms with van der Waals surface area (Å²) in [6.45, 7) is 3.36. The second kappa shape index (κ2) is 3.48. The topological polar surface area (TPSA) is 19.0 Å². The summed E-state index contributed by atoms with van der Waals surface area (Å²) in [4.78, 5) is 5.93. The van der Waals surface area contributed by atoms with Gasteiger partial charge in [0.2, 0.25) is 0 Å². The highest BCUT2D eigenvalue weighted by Gasteiger charge is 2.34. The summed E-state index contributed by atoms with van der Waals surface area (Å²) in [6.07, 6.45) is 5.85. The lowest BCUT2D eigenvalue weighted by atomic mass is 9.77. The van der Waals surface area contributed by atoms with Crippen molar-refractivity contribution in [1.29, 1.82) is 0 Å². The fourth-order valence-electron chi connectivity index (χ4n) is 3.78. The van der Waals surface area contributed by atoms with Crippen LogP contribution in [0.2, 0.25) is 0 Å². The SMILES string of the molecule is CC1=CC2c3cccc4[nH]cc(c34)C[C@H]2N(C)C1. The zero-order valence-corrected chi connectivity index (χ0v) is 10.9. The molecule has 2 heteroatoms. The average molecular weight is 238 g/mol. The third kappa shape index (κ3) is 1.27. The molecule has 1 unspecified atom stereocenters. The van der Waals surface area contributed by atoms with E-state index in [0.29, 0.717) is 12.0 Å². The standard InChI is InChI=1S/C16H18N2/c1-10-6-13-12-4-3-5-14-16(12)11(8-17-14)7-15(13)18(2)9-10/h3-6,8,13,15,17H,7,9H2,1-2H3/t13?,15-/m1/s1. The van der Waals surface area contributed by atoms with Crippen LogP contribution in [-0.2, 0) is 6.42 Å². The van der Waals surface area contributed by atoms with Crippen LogP contribution in [0.4, 0.5) is 0 Å². The van der Waals surface area contributed by atoms with Gasteiger partial charge in [-0.3, -0.25) is 4.90 Å². The van der Waals surface area contributed by atoms with E-state index in [1.165, 1.54) is 34.0 Å². The van der Waals surface area contributed by atoms with Crippen molar-refractivity contribution < 1.29 is 0 Å². The fraction of sp³-hybridized carbons (Fsp3) is 0.375. The molecule has 1 aromatic carbocycles. The van der Waals surface area contributed by atoms with Gasteiger partial charge >= 0.3 is 0 Å². The molecule has 0 spiro atoms. The van der Waals surface area contributed by atoms with Crippen molar-refractivity contribution in [3.8, 4) is 0 Å². The summed E-state index contributed by atoms with van der Waals surface area (Å²) >= 11 is 0. The Morgan fingerprint density at radius 2 is 2.22 bits per heavy atom. The molecule has 0 saturated carbocycles. The average Bonchev–Trinajstić information content (AvgIpc) is 2.76. The van der Waals surface area contributed by atoms with Gasteiger partial charge in [0.25, 0.3) is 0 Å². The van der Waals surface area contributed by atoms with E-state index in [4.69, 9.17) is 0 Å². The van der Waals surface area contributed by atoms with Crippen molar-refractivity contribution in [2.75, 3.05) is 13.6 Å². The number of hydrogen-bond donors (Lipinski definition) is 1. The number of hydrogen-bond acceptors (Lipinski definition) is 1. The zero-order chi connectivity index (χ0) is 12.3. The van der Waals surface area contributed by atoms with E-state index in [9.17, 15) is 0 Å². The van der Waals surface area contributed by atoms with Crippen molar-refractivity contribution in [1.82, 2.24) is 9.88 Å². The Balaban J connectivity index is 1.99. The number of benzene rings is 1. The van der Waals surface area contributed by atoms with Crippen molar-refractivity contribution in [2.24, 2.45) is 0 Å². The van der Waals surface area contributed by atoms with Crippen LogP contribution in [0.25, 0.3) is 10.9 Å². The third-order valence-electron chi connectivity index (χ3n) is 4.55. The number of H-pyrrole nitrogens is 1. The second-order valence-electron chi connectivity index (χ2n) is 5.81. The van der Waals surface area contributed by atoms with Gasteiger partial charge in [-0.1, -0.05) is 23.8 Å². The van der Waals surface area contributed by atoms with Crippen molar-refractivity contribution in [3.63, 3.8) is 0 Å². The quantitative estimate of drug-likeness (QED) is 0.699. The Labute approximate surface area is 107 Å². The number of rotatable bonds is 0. The van der Waals surface area contributed by atoms with Gasteiger partial charge in [0.15, 0.2) is 0 Å². The van der Waals surface area contributed by atoms with Crippen LogP contribution in [0.1, 0.15) is 24.0 Å². The summed E-state index contributed by atoms with van der Waals surface area (Å²) in [5, 5.41) is 1.47. The molecule has 18 heavy (non-hydrogen) atoms. The third-order valence-corrected chi connectivity index (χ3v) is 4.55. The van der Waals surface area contributed by atoms with Gasteiger partial charge in [-0.05, 0) is 37.6 Å². The minimum absolute atomic E-state index is 0.566. The van der Waals surface area contributed by atoms with Gasteiger partial charge in [-0.15, -0.1) is 0 Å². The van der Waals surface area contributed by atoms with E-state index in [-0.39, 0.29) is 0 Å². The van der Waals surface area contributed by atoms with Crippen LogP contribution < -0.4 is 0 Å². The molecule has 1 aliphatic heterocycles. The first kappa shape index (κ1) is 10.4. The lowest BCUT2D eigenvalue weighted by Gasteiger charge is -2.40. The molecule has 4 rings (SSSR count). The zero-order valence-electron chi connectivity index (χ0n) is 10.9. The summed E-state index contributed by atoms with van der Waals surface area (Å²) in [7, 11) is 2.26. The summed E-state index contributed by atoms with van der Waals surface area (Å²) in [6, 6.07) is 7.30. The molecule has 2 heterocycles. The highest BCUT2D eigenvalue weighted by atomic mass is 15.1. The van der Waals surface area contributed by atoms with Crippen LogP contribution in [0.15, 0.2) is 36.0 Å². The fourth-order valence-corrected chi connectivity index (χ4v) is 3.78. The molecular formula is C16H18N2. The van der Waals surface area contributed by atoms with Gasteiger partial charge in [0.05, 0.1) is 0 Å². The number of nitrogens with one attached hydrogen (secondary N) is 1. The maximum atomic E-state index is 3.42. The molecule has 2 atom stereocenters. The number of fused-ring (bicyclic) bond motifs is 2. The first-order chi connectivity index (χ1) is 8.74. The summed E-state index contributed by atoms with van der Waals surface area (Å²) < 4.78 is 0. The highest BCUT2D eigenvalue weighted by molar-refractivity contribution is 5.88. The largest absolute Gasteiger partial charge is 0.361 e. The van der Waals surface area contributed by atoms with Crippen LogP contribution in [0.5, 0.6) is 0 Å². The Morgan fingerprint density at radius 3 is 3.11 bits per heavy atom. The van der Waals surface area contributed by atoms with E-state index in [0.717, 1.165) is 6.54 Å². The number of likely N-dealkylation sites (N-methyl/N-ethyl adjacent to an activating group) is 1. The first-order valence-electron chi connectivity index (χ1n) is 6.70. The van der Waals surface area contributed by atoms with Crippen LogP contribution in [-0.4, -0.2) is 29.5 Å². The molecule has 2 aliphatic rings. The van der Waals surface area contributed by atoms with Crippen LogP contribution in [0.3, 0.4) is 0 Å². The molecule has 1 aliphatic carbocycles. The molecule has 0 saturated heterocycles. The maximum absolute atomic E-state index is 3.42. The van der Waals surface area contributed by atoms with E-state index in [1.807, 2.05) is 0 Å². The Kier molecular flexibility index (Phi) is 2.01. The smallest absolute Gasteiger partial charge is 0.0459 e. The number of aromatic amines is 1. The van der Waals surface area contributed by atoms with E-state index in [1.54, 1.807) is 0 Å². The molecule has 0 amide bonds. The number of aromatic nitrogens is 1. The van der Waals surface area contributed by atoms with Crippen molar-refractivity contribution >= 4 is 10.9 Å². The maximum Gasteiger partial charge on any atom is 0.0459 e. The minimum Gasteiger partial charge on any atom is -0.361 e. The van der Waals surface area contributed by atoms with E-state index < -0.39 is 0 Å². The Hall–Kier alpha value is -1.54. The molecule has 0 fully saturated rings. The highest BCUT2D eigenvalue weighted by Crippen LogP contribution is 2.41. The monoisotopic (exact) mass is 238 g/mol. The molecular weight excluding hydrogens is 220 g/mol. The van der Waals surface area contributed by atoms with Crippen molar-refractivity contribution in [2.45, 2.75) is 25.3 Å². The Bertz CT molecular complexity index is 650. The first-order valence-corrected chi connectivity index (χ1v) is 6.70. The lowest BCUT2D eigenvalue weighted by Crippen LogP contribution is -2.43. The molecule has 1 N–H and O–H groups in total. The molecule has 0 bridgehead atoms. The summed E-state index contributed by atoms with van der Waals surface area (Å²) in [5.74, 6) is 0.566. The van der Waals surface area contributed by atoms with E-state index >= 15 is 0 Å². The predicted octanol–water partition coefficient (Wildman–Crippen LogP) is 3.07. The number of nitrogens with zero attached hydrogens (tertiary/aromatic N) is 1. The molecule has 1 aromatic heterocycles. The molecule has 2 aromatic rings. The van der Waals surface area contributed by atoms with Crippen LogP contribution >= 0.6 is 0 Å². The lowest BCUT2D eigenvalue weighted by molar-refractivity contribution is 0.224. The minimum atomic E-state index is 0.566. The van der Waals surface area contributed by atoms with Crippen molar-refractivity contribution in [3.05, 3.63) is 47.2 Å². The van der Waals surface area contributed by atoms with Gasteiger partial charge in [-0.25, -0.2) is 0 Å². The molecule has 92 valence electrons. The Morgan fingerprint density at radius 1 is 1.33 bits per heavy atom. The van der Waals surface area contributed by atoms with Gasteiger partial charge in [-0.2, -0.15) is 0 Å². The molecule has 0 radical (unpaired) electrons. The van der Waals surface area contributed by atoms with E-state index in [2.05, 4.69) is 54.3 Å². The summed E-state index contributed by atoms with van der Waals surface area (Å²) in [5.41, 5.74) is 5.78. The van der Waals surface area contributed by atoms with Gasteiger partial charge in [0.1, 0.15) is 0 Å². The van der Waals surface area contributed by atoms with Gasteiger partial charge < -0.3 is 4.98 Å². The normalized spacial score (nSPS) is 27.1.